The fraction of sp³-hybridized carbons (Fsp3) is 0.571. The lowest BCUT2D eigenvalue weighted by molar-refractivity contribution is 0.162. The summed E-state index contributed by atoms with van der Waals surface area (Å²) in [6.45, 7) is 6.69. The molecule has 0 radical (unpaired) electrons. The van der Waals surface area contributed by atoms with Crippen LogP contribution in [-0.2, 0) is 15.9 Å². The normalized spacial score (nSPS) is 16.4. The van der Waals surface area contributed by atoms with Crippen LogP contribution in [0, 0.1) is 5.92 Å². The van der Waals surface area contributed by atoms with Crippen molar-refractivity contribution in [3.8, 4) is 0 Å². The first-order valence-corrected chi connectivity index (χ1v) is 8.73. The van der Waals surface area contributed by atoms with Gasteiger partial charge in [-0.1, -0.05) is 50.6 Å². The molecule has 96 valence electrons. The number of hydrogen-bond acceptors (Lipinski definition) is 2. The Balaban J connectivity index is 2.33. The van der Waals surface area contributed by atoms with Crippen LogP contribution in [0.1, 0.15) is 25.8 Å². The fourth-order valence-electron chi connectivity index (χ4n) is 1.77. The van der Waals surface area contributed by atoms with Crippen molar-refractivity contribution in [1.29, 1.82) is 0 Å². The molecule has 0 saturated carbocycles. The molecule has 1 rings (SSSR count). The van der Waals surface area contributed by atoms with E-state index in [1.165, 1.54) is 0 Å². The molecule has 0 spiro atoms. The Kier molecular flexibility index (Phi) is 5.94. The van der Waals surface area contributed by atoms with Gasteiger partial charge in [0, 0.05) is 6.16 Å². The largest absolute Gasteiger partial charge is 0.369 e. The molecule has 0 heterocycles. The van der Waals surface area contributed by atoms with E-state index in [4.69, 9.17) is 4.74 Å². The van der Waals surface area contributed by atoms with Crippen LogP contribution in [0.25, 0.3) is 0 Å². The summed E-state index contributed by atoms with van der Waals surface area (Å²) in [7, 11) is -2.12. The summed E-state index contributed by atoms with van der Waals surface area (Å²) in [5.74, 6) is 0.520. The van der Waals surface area contributed by atoms with Crippen LogP contribution in [0.3, 0.4) is 0 Å². The molecule has 0 fully saturated rings. The Bertz CT molecular complexity index is 362. The van der Waals surface area contributed by atoms with E-state index in [1.807, 2.05) is 37.0 Å². The van der Waals surface area contributed by atoms with Gasteiger partial charge in [0.15, 0.2) is 0 Å². The molecule has 0 aliphatic carbocycles. The van der Waals surface area contributed by atoms with Crippen molar-refractivity contribution in [2.45, 2.75) is 26.9 Å². The molecule has 0 N–H and O–H groups in total. The maximum atomic E-state index is 12.2. The minimum absolute atomic E-state index is 0.395. The zero-order valence-corrected chi connectivity index (χ0v) is 12.0. The molecule has 0 unspecified atom stereocenters. The number of ether oxygens (including phenoxy) is 1. The first-order chi connectivity index (χ1) is 8.03. The van der Waals surface area contributed by atoms with Gasteiger partial charge in [0.2, 0.25) is 0 Å². The highest BCUT2D eigenvalue weighted by Crippen LogP contribution is 2.43. The molecule has 2 nitrogen and oxygen atoms in total. The molecule has 0 aliphatic heterocycles. The fourth-order valence-corrected chi connectivity index (χ4v) is 3.93. The van der Waals surface area contributed by atoms with Gasteiger partial charge >= 0.3 is 0 Å². The number of rotatable bonds is 7. The highest BCUT2D eigenvalue weighted by Gasteiger charge is 2.18. The summed E-state index contributed by atoms with van der Waals surface area (Å²) in [5.41, 5.74) is 1.14. The molecule has 17 heavy (non-hydrogen) atoms. The van der Waals surface area contributed by atoms with Gasteiger partial charge < -0.3 is 9.30 Å². The minimum Gasteiger partial charge on any atom is -0.369 e. The SMILES string of the molecule is CC[C@H](C)C[P@](C)(=O)COCc1ccccc1. The highest BCUT2D eigenvalue weighted by molar-refractivity contribution is 7.62. The van der Waals surface area contributed by atoms with E-state index in [9.17, 15) is 4.57 Å². The van der Waals surface area contributed by atoms with Gasteiger partial charge in [0.25, 0.3) is 0 Å². The maximum absolute atomic E-state index is 12.2. The third-order valence-corrected chi connectivity index (χ3v) is 5.00. The second-order valence-electron chi connectivity index (χ2n) is 4.96. The predicted octanol–water partition coefficient (Wildman–Crippen LogP) is 4.20. The zero-order valence-electron chi connectivity index (χ0n) is 11.1. The van der Waals surface area contributed by atoms with Crippen LogP contribution in [0.4, 0.5) is 0 Å². The lowest BCUT2D eigenvalue weighted by Crippen LogP contribution is -2.05. The van der Waals surface area contributed by atoms with Crippen molar-refractivity contribution < 1.29 is 9.30 Å². The summed E-state index contributed by atoms with van der Waals surface area (Å²) in [4.78, 5) is 0. The van der Waals surface area contributed by atoms with Crippen LogP contribution in [0.15, 0.2) is 30.3 Å². The minimum atomic E-state index is -2.12. The number of benzene rings is 1. The average Bonchev–Trinajstić information content (AvgIpc) is 2.29. The molecule has 1 aromatic rings. The summed E-state index contributed by atoms with van der Waals surface area (Å²) in [6.07, 6.45) is 2.26. The van der Waals surface area contributed by atoms with Crippen LogP contribution in [-0.4, -0.2) is 19.2 Å². The average molecular weight is 254 g/mol. The van der Waals surface area contributed by atoms with Gasteiger partial charge in [-0.15, -0.1) is 0 Å². The molecular weight excluding hydrogens is 231 g/mol. The van der Waals surface area contributed by atoms with Crippen LogP contribution in [0.2, 0.25) is 0 Å². The second kappa shape index (κ2) is 6.98. The Morgan fingerprint density at radius 1 is 1.29 bits per heavy atom. The van der Waals surface area contributed by atoms with E-state index in [1.54, 1.807) is 0 Å². The molecule has 0 aliphatic rings. The Labute approximate surface area is 105 Å². The van der Waals surface area contributed by atoms with Gasteiger partial charge in [0.1, 0.15) is 7.14 Å². The number of hydrogen-bond donors (Lipinski definition) is 0. The standard InChI is InChI=1S/C14H23O2P/c1-4-13(2)11-17(3,15)12-16-10-14-8-6-5-7-9-14/h5-9,13H,4,10-12H2,1-3H3/t13-,17-/m0/s1. The van der Waals surface area contributed by atoms with Gasteiger partial charge in [-0.3, -0.25) is 0 Å². The molecular formula is C14H23O2P. The Morgan fingerprint density at radius 2 is 1.94 bits per heavy atom. The lowest BCUT2D eigenvalue weighted by atomic mass is 10.2. The van der Waals surface area contributed by atoms with Gasteiger partial charge in [-0.2, -0.15) is 0 Å². The van der Waals surface area contributed by atoms with Gasteiger partial charge in [0.05, 0.1) is 13.0 Å². The molecule has 0 amide bonds. The van der Waals surface area contributed by atoms with Crippen molar-refractivity contribution >= 4 is 7.14 Å². The molecule has 3 heteroatoms. The van der Waals surface area contributed by atoms with Crippen molar-refractivity contribution in [2.24, 2.45) is 5.92 Å². The second-order valence-corrected chi connectivity index (χ2v) is 8.17. The summed E-state index contributed by atoms with van der Waals surface area (Å²) in [6, 6.07) is 10.0. The third kappa shape index (κ3) is 6.05. The zero-order chi connectivity index (χ0) is 12.7. The van der Waals surface area contributed by atoms with Crippen molar-refractivity contribution in [1.82, 2.24) is 0 Å². The third-order valence-electron chi connectivity index (χ3n) is 2.87. The highest BCUT2D eigenvalue weighted by atomic mass is 31.2. The quantitative estimate of drug-likeness (QED) is 0.682. The summed E-state index contributed by atoms with van der Waals surface area (Å²) in [5, 5.41) is 0. The topological polar surface area (TPSA) is 26.3 Å². The lowest BCUT2D eigenvalue weighted by Gasteiger charge is -2.17. The molecule has 0 bridgehead atoms. The smallest absolute Gasteiger partial charge is 0.109 e. The Morgan fingerprint density at radius 3 is 2.53 bits per heavy atom. The molecule has 0 aromatic heterocycles. The van der Waals surface area contributed by atoms with Crippen molar-refractivity contribution in [3.63, 3.8) is 0 Å². The van der Waals surface area contributed by atoms with E-state index in [-0.39, 0.29) is 0 Å². The van der Waals surface area contributed by atoms with E-state index in [2.05, 4.69) is 13.8 Å². The van der Waals surface area contributed by atoms with Crippen molar-refractivity contribution in [2.75, 3.05) is 19.2 Å². The van der Waals surface area contributed by atoms with E-state index in [0.29, 0.717) is 18.9 Å². The first kappa shape index (κ1) is 14.5. The monoisotopic (exact) mass is 254 g/mol. The molecule has 2 atom stereocenters. The predicted molar refractivity (Wildman–Crippen MR) is 74.0 cm³/mol. The van der Waals surface area contributed by atoms with Crippen LogP contribution >= 0.6 is 7.14 Å². The molecule has 1 aromatic carbocycles. The van der Waals surface area contributed by atoms with Crippen LogP contribution in [0.5, 0.6) is 0 Å². The summed E-state index contributed by atoms with van der Waals surface area (Å²) >= 11 is 0. The first-order valence-electron chi connectivity index (χ1n) is 6.20. The van der Waals surface area contributed by atoms with E-state index in [0.717, 1.165) is 18.1 Å². The van der Waals surface area contributed by atoms with Crippen molar-refractivity contribution in [3.05, 3.63) is 35.9 Å². The van der Waals surface area contributed by atoms with Gasteiger partial charge in [-0.25, -0.2) is 0 Å². The van der Waals surface area contributed by atoms with E-state index >= 15 is 0 Å². The Hall–Kier alpha value is -0.590. The van der Waals surface area contributed by atoms with Gasteiger partial charge in [-0.05, 0) is 18.1 Å². The van der Waals surface area contributed by atoms with Crippen LogP contribution < -0.4 is 0 Å². The maximum Gasteiger partial charge on any atom is 0.109 e. The summed E-state index contributed by atoms with van der Waals surface area (Å²) < 4.78 is 17.8. The van der Waals surface area contributed by atoms with E-state index < -0.39 is 7.14 Å². The molecule has 0 saturated heterocycles.